The van der Waals surface area contributed by atoms with Crippen molar-refractivity contribution in [2.45, 2.75) is 37.8 Å². The first-order chi connectivity index (χ1) is 8.85. The number of halogens is 1. The zero-order chi connectivity index (χ0) is 14.0. The smallest absolute Gasteiger partial charge is 0.324 e. The fraction of sp³-hybridized carbons (Fsp3) is 0.500. The number of carbonyl (C=O) groups is 1. The Hall–Kier alpha value is -1.07. The summed E-state index contributed by atoms with van der Waals surface area (Å²) >= 11 is 1.63. The number of carbonyl (C=O) groups excluding carboxylic acids is 1. The molecule has 0 aliphatic carbocycles. The molecule has 2 atom stereocenters. The van der Waals surface area contributed by atoms with Gasteiger partial charge < -0.3 is 4.74 Å². The molecule has 5 heteroatoms. The maximum Gasteiger partial charge on any atom is 0.324 e. The number of hydrogen-bond acceptors (Lipinski definition) is 4. The van der Waals surface area contributed by atoms with E-state index in [0.717, 1.165) is 5.56 Å². The minimum absolute atomic E-state index is 0.0121. The van der Waals surface area contributed by atoms with Gasteiger partial charge in [0.15, 0.2) is 0 Å². The Balaban J connectivity index is 1.96. The minimum atomic E-state index is -0.475. The Morgan fingerprint density at radius 1 is 1.37 bits per heavy atom. The Bertz CT molecular complexity index is 456. The van der Waals surface area contributed by atoms with Crippen molar-refractivity contribution in [2.75, 3.05) is 5.75 Å². The third-order valence-corrected chi connectivity index (χ3v) is 3.91. The number of nitrogens with one attached hydrogen (secondary N) is 1. The SMILES string of the molecule is CC(C)(C)OC(=O)[C@@H]1CS[C@H](c2ccc(F)cc2)N1. The molecule has 1 heterocycles. The van der Waals surface area contributed by atoms with Crippen LogP contribution in [0.4, 0.5) is 4.39 Å². The Labute approximate surface area is 116 Å². The highest BCUT2D eigenvalue weighted by molar-refractivity contribution is 7.99. The molecule has 1 saturated heterocycles. The van der Waals surface area contributed by atoms with Crippen LogP contribution >= 0.6 is 11.8 Å². The normalized spacial score (nSPS) is 23.4. The number of ether oxygens (including phenoxy) is 1. The number of hydrogen-bond donors (Lipinski definition) is 1. The predicted octanol–water partition coefficient (Wildman–Crippen LogP) is 2.87. The molecular formula is C14H18FNO2S. The van der Waals surface area contributed by atoms with Gasteiger partial charge in [-0.2, -0.15) is 0 Å². The van der Waals surface area contributed by atoms with Crippen LogP contribution in [0.5, 0.6) is 0 Å². The zero-order valence-corrected chi connectivity index (χ0v) is 12.1. The lowest BCUT2D eigenvalue weighted by molar-refractivity contribution is -0.156. The van der Waals surface area contributed by atoms with Crippen LogP contribution in [0.25, 0.3) is 0 Å². The first-order valence-corrected chi connectivity index (χ1v) is 7.26. The van der Waals surface area contributed by atoms with E-state index in [1.54, 1.807) is 23.9 Å². The van der Waals surface area contributed by atoms with E-state index in [2.05, 4.69) is 5.32 Å². The average Bonchev–Trinajstić information content (AvgIpc) is 2.77. The predicted molar refractivity (Wildman–Crippen MR) is 74.4 cm³/mol. The summed E-state index contributed by atoms with van der Waals surface area (Å²) in [7, 11) is 0. The summed E-state index contributed by atoms with van der Waals surface area (Å²) < 4.78 is 18.2. The van der Waals surface area contributed by atoms with Gasteiger partial charge in [0, 0.05) is 5.75 Å². The molecular weight excluding hydrogens is 265 g/mol. The quantitative estimate of drug-likeness (QED) is 0.847. The van der Waals surface area contributed by atoms with Crippen molar-refractivity contribution in [3.63, 3.8) is 0 Å². The molecule has 104 valence electrons. The van der Waals surface area contributed by atoms with Crippen LogP contribution in [0, 0.1) is 5.82 Å². The van der Waals surface area contributed by atoms with E-state index in [-0.39, 0.29) is 23.2 Å². The molecule has 0 amide bonds. The molecule has 0 aromatic heterocycles. The maximum atomic E-state index is 12.9. The second kappa shape index (κ2) is 5.51. The molecule has 0 radical (unpaired) electrons. The molecule has 1 aliphatic heterocycles. The molecule has 1 aliphatic rings. The first kappa shape index (κ1) is 14.3. The molecule has 19 heavy (non-hydrogen) atoms. The summed E-state index contributed by atoms with van der Waals surface area (Å²) in [5.74, 6) is 0.178. The van der Waals surface area contributed by atoms with Crippen LogP contribution in [0.3, 0.4) is 0 Å². The van der Waals surface area contributed by atoms with E-state index in [0.29, 0.717) is 5.75 Å². The minimum Gasteiger partial charge on any atom is -0.459 e. The van der Waals surface area contributed by atoms with Crippen molar-refractivity contribution >= 4 is 17.7 Å². The highest BCUT2D eigenvalue weighted by Gasteiger charge is 2.33. The molecule has 1 aromatic carbocycles. The summed E-state index contributed by atoms with van der Waals surface area (Å²) in [6, 6.07) is 6.02. The summed E-state index contributed by atoms with van der Waals surface area (Å²) in [6.07, 6.45) is 0. The molecule has 0 spiro atoms. The van der Waals surface area contributed by atoms with Gasteiger partial charge in [0.05, 0.1) is 5.37 Å². The van der Waals surface area contributed by atoms with E-state index in [1.165, 1.54) is 12.1 Å². The van der Waals surface area contributed by atoms with Crippen LogP contribution in [0.2, 0.25) is 0 Å². The van der Waals surface area contributed by atoms with Crippen LogP contribution in [-0.4, -0.2) is 23.4 Å². The van der Waals surface area contributed by atoms with Gasteiger partial charge in [0.1, 0.15) is 17.5 Å². The standard InChI is InChI=1S/C14H18FNO2S/c1-14(2,3)18-13(17)11-8-19-12(16-11)9-4-6-10(15)7-5-9/h4-7,11-12,16H,8H2,1-3H3/t11-,12+/m0/s1. The van der Waals surface area contributed by atoms with Crippen LogP contribution in [-0.2, 0) is 9.53 Å². The Kier molecular flexibility index (Phi) is 4.16. The molecule has 0 saturated carbocycles. The van der Waals surface area contributed by atoms with Crippen molar-refractivity contribution in [3.05, 3.63) is 35.6 Å². The summed E-state index contributed by atoms with van der Waals surface area (Å²) in [5, 5.41) is 3.23. The number of benzene rings is 1. The van der Waals surface area contributed by atoms with Crippen molar-refractivity contribution in [1.82, 2.24) is 5.32 Å². The van der Waals surface area contributed by atoms with Crippen LogP contribution in [0.1, 0.15) is 31.7 Å². The first-order valence-electron chi connectivity index (χ1n) is 6.21. The molecule has 3 nitrogen and oxygen atoms in total. The lowest BCUT2D eigenvalue weighted by Crippen LogP contribution is -2.39. The van der Waals surface area contributed by atoms with Gasteiger partial charge in [0.2, 0.25) is 0 Å². The van der Waals surface area contributed by atoms with Gasteiger partial charge in [-0.1, -0.05) is 12.1 Å². The number of thioether (sulfide) groups is 1. The van der Waals surface area contributed by atoms with E-state index < -0.39 is 5.60 Å². The summed E-state index contributed by atoms with van der Waals surface area (Å²) in [6.45, 7) is 5.55. The second-order valence-corrected chi connectivity index (χ2v) is 6.66. The van der Waals surface area contributed by atoms with Gasteiger partial charge in [-0.3, -0.25) is 10.1 Å². The van der Waals surface area contributed by atoms with Crippen LogP contribution < -0.4 is 5.32 Å². The highest BCUT2D eigenvalue weighted by atomic mass is 32.2. The Morgan fingerprint density at radius 3 is 2.58 bits per heavy atom. The number of esters is 1. The van der Waals surface area contributed by atoms with Crippen molar-refractivity contribution < 1.29 is 13.9 Å². The number of rotatable bonds is 2. The van der Waals surface area contributed by atoms with Gasteiger partial charge >= 0.3 is 5.97 Å². The van der Waals surface area contributed by atoms with Crippen molar-refractivity contribution in [1.29, 1.82) is 0 Å². The van der Waals surface area contributed by atoms with Crippen LogP contribution in [0.15, 0.2) is 24.3 Å². The summed E-state index contributed by atoms with van der Waals surface area (Å²) in [5.41, 5.74) is 0.495. The van der Waals surface area contributed by atoms with Gasteiger partial charge in [-0.25, -0.2) is 4.39 Å². The van der Waals surface area contributed by atoms with E-state index >= 15 is 0 Å². The highest BCUT2D eigenvalue weighted by Crippen LogP contribution is 2.33. The van der Waals surface area contributed by atoms with Crippen molar-refractivity contribution in [2.24, 2.45) is 0 Å². The van der Waals surface area contributed by atoms with E-state index in [1.807, 2.05) is 20.8 Å². The van der Waals surface area contributed by atoms with Gasteiger partial charge in [0.25, 0.3) is 0 Å². The van der Waals surface area contributed by atoms with Crippen molar-refractivity contribution in [3.8, 4) is 0 Å². The molecule has 0 bridgehead atoms. The molecule has 1 fully saturated rings. The topological polar surface area (TPSA) is 38.3 Å². The Morgan fingerprint density at radius 2 is 2.00 bits per heavy atom. The molecule has 0 unspecified atom stereocenters. The average molecular weight is 283 g/mol. The lowest BCUT2D eigenvalue weighted by Gasteiger charge is -2.22. The zero-order valence-electron chi connectivity index (χ0n) is 11.3. The third kappa shape index (κ3) is 3.94. The van der Waals surface area contributed by atoms with E-state index in [9.17, 15) is 9.18 Å². The lowest BCUT2D eigenvalue weighted by atomic mass is 10.2. The molecule has 2 rings (SSSR count). The fourth-order valence-corrected chi connectivity index (χ4v) is 3.04. The summed E-state index contributed by atoms with van der Waals surface area (Å²) in [4.78, 5) is 11.9. The van der Waals surface area contributed by atoms with Gasteiger partial charge in [-0.05, 0) is 38.5 Å². The fourth-order valence-electron chi connectivity index (χ4n) is 1.81. The second-order valence-electron chi connectivity index (χ2n) is 5.52. The van der Waals surface area contributed by atoms with E-state index in [4.69, 9.17) is 4.74 Å². The monoisotopic (exact) mass is 283 g/mol. The van der Waals surface area contributed by atoms with Gasteiger partial charge in [-0.15, -0.1) is 11.8 Å². The largest absolute Gasteiger partial charge is 0.459 e. The third-order valence-electron chi connectivity index (χ3n) is 2.65. The maximum absolute atomic E-state index is 12.9. The molecule has 1 N–H and O–H groups in total. The molecule has 1 aromatic rings.